The largest absolute Gasteiger partial charge is 0.337 e. The maximum Gasteiger partial charge on any atom is 0.142 e. The van der Waals surface area contributed by atoms with Crippen LogP contribution in [0.4, 0.5) is 11.5 Å². The molecule has 0 amide bonds. The molecule has 0 fully saturated rings. The van der Waals surface area contributed by atoms with E-state index >= 15 is 0 Å². The van der Waals surface area contributed by atoms with Gasteiger partial charge >= 0.3 is 0 Å². The van der Waals surface area contributed by atoms with Gasteiger partial charge in [0.05, 0.1) is 28.7 Å². The molecule has 3 aromatic heterocycles. The van der Waals surface area contributed by atoms with E-state index in [2.05, 4.69) is 20.4 Å². The number of aromatic nitrogens is 4. The fourth-order valence-electron chi connectivity index (χ4n) is 2.38. The Morgan fingerprint density at radius 2 is 1.95 bits per heavy atom. The van der Waals surface area contributed by atoms with Crippen LogP contribution in [0.1, 0.15) is 5.69 Å². The van der Waals surface area contributed by atoms with Crippen LogP contribution < -0.4 is 5.32 Å². The van der Waals surface area contributed by atoms with Crippen molar-refractivity contribution in [2.75, 3.05) is 5.32 Å². The third-order valence-corrected chi connectivity index (χ3v) is 4.35. The fraction of sp³-hybridized carbons (Fsp3) is 0.0625. The summed E-state index contributed by atoms with van der Waals surface area (Å²) in [5.41, 5.74) is 3.01. The maximum atomic E-state index is 4.46. The summed E-state index contributed by atoms with van der Waals surface area (Å²) in [4.78, 5) is 9.59. The van der Waals surface area contributed by atoms with Gasteiger partial charge in [0, 0.05) is 0 Å². The van der Waals surface area contributed by atoms with Gasteiger partial charge in [0.15, 0.2) is 0 Å². The van der Waals surface area contributed by atoms with E-state index in [9.17, 15) is 0 Å². The Labute approximate surface area is 131 Å². The van der Waals surface area contributed by atoms with Gasteiger partial charge in [-0.3, -0.25) is 0 Å². The number of para-hydroxylation sites is 1. The minimum Gasteiger partial charge on any atom is -0.337 e. The second kappa shape index (κ2) is 5.23. The van der Waals surface area contributed by atoms with Gasteiger partial charge in [0.2, 0.25) is 0 Å². The number of fused-ring (bicyclic) bond motifs is 1. The highest BCUT2D eigenvalue weighted by molar-refractivity contribution is 7.16. The van der Waals surface area contributed by atoms with Crippen molar-refractivity contribution in [1.82, 2.24) is 19.7 Å². The molecule has 0 saturated heterocycles. The average molecular weight is 307 g/mol. The molecule has 0 unspecified atom stereocenters. The lowest BCUT2D eigenvalue weighted by Crippen LogP contribution is -2.00. The summed E-state index contributed by atoms with van der Waals surface area (Å²) >= 11 is 1.61. The van der Waals surface area contributed by atoms with Crippen molar-refractivity contribution in [3.63, 3.8) is 0 Å². The Balaban J connectivity index is 1.73. The van der Waals surface area contributed by atoms with Crippen molar-refractivity contribution in [2.45, 2.75) is 6.92 Å². The predicted octanol–water partition coefficient (Wildman–Crippen LogP) is 3.93. The zero-order valence-corrected chi connectivity index (χ0v) is 12.7. The lowest BCUT2D eigenvalue weighted by Gasteiger charge is -2.07. The van der Waals surface area contributed by atoms with Gasteiger partial charge in [0.25, 0.3) is 0 Å². The first-order chi connectivity index (χ1) is 10.8. The molecule has 1 aromatic carbocycles. The molecule has 1 N–H and O–H groups in total. The Morgan fingerprint density at radius 3 is 2.82 bits per heavy atom. The molecule has 0 saturated carbocycles. The maximum absolute atomic E-state index is 4.46. The lowest BCUT2D eigenvalue weighted by atomic mass is 10.3. The topological polar surface area (TPSA) is 55.6 Å². The number of nitrogens with zero attached hydrogens (tertiary/aromatic N) is 4. The van der Waals surface area contributed by atoms with Crippen LogP contribution in [-0.4, -0.2) is 19.7 Å². The molecule has 108 valence electrons. The van der Waals surface area contributed by atoms with E-state index in [1.165, 1.54) is 0 Å². The zero-order valence-electron chi connectivity index (χ0n) is 11.9. The second-order valence-electron chi connectivity index (χ2n) is 4.88. The summed E-state index contributed by atoms with van der Waals surface area (Å²) in [6.07, 6.45) is 3.40. The molecule has 0 aliphatic rings. The summed E-state index contributed by atoms with van der Waals surface area (Å²) in [7, 11) is 0. The molecule has 0 atom stereocenters. The molecule has 22 heavy (non-hydrogen) atoms. The molecule has 6 heteroatoms. The highest BCUT2D eigenvalue weighted by atomic mass is 32.1. The molecule has 4 rings (SSSR count). The monoisotopic (exact) mass is 307 g/mol. The number of anilines is 2. The Kier molecular flexibility index (Phi) is 3.08. The van der Waals surface area contributed by atoms with Crippen LogP contribution in [0.3, 0.4) is 0 Å². The van der Waals surface area contributed by atoms with Crippen LogP contribution in [0.2, 0.25) is 0 Å². The van der Waals surface area contributed by atoms with E-state index < -0.39 is 0 Å². The van der Waals surface area contributed by atoms with Crippen molar-refractivity contribution >= 4 is 33.1 Å². The number of rotatable bonds is 3. The molecule has 0 bridgehead atoms. The summed E-state index contributed by atoms with van der Waals surface area (Å²) in [5, 5.41) is 10.9. The van der Waals surface area contributed by atoms with Crippen molar-refractivity contribution in [3.05, 3.63) is 60.0 Å². The highest BCUT2D eigenvalue weighted by Gasteiger charge is 2.11. The molecular weight excluding hydrogens is 294 g/mol. The summed E-state index contributed by atoms with van der Waals surface area (Å²) < 4.78 is 1.91. The van der Waals surface area contributed by atoms with Crippen molar-refractivity contribution in [1.29, 1.82) is 0 Å². The van der Waals surface area contributed by atoms with E-state index in [1.807, 2.05) is 59.6 Å². The third kappa shape index (κ3) is 2.14. The number of thiophene rings is 1. The van der Waals surface area contributed by atoms with Crippen molar-refractivity contribution in [3.8, 4) is 5.69 Å². The SMILES string of the molecule is Cc1c(Nc2ncnc3sccc23)cnn1-c1ccccc1. The smallest absolute Gasteiger partial charge is 0.142 e. The van der Waals surface area contributed by atoms with Gasteiger partial charge in [-0.2, -0.15) is 5.10 Å². The van der Waals surface area contributed by atoms with Crippen LogP contribution in [0.25, 0.3) is 15.9 Å². The van der Waals surface area contributed by atoms with Crippen molar-refractivity contribution < 1.29 is 0 Å². The first-order valence-corrected chi connectivity index (χ1v) is 7.76. The molecule has 5 nitrogen and oxygen atoms in total. The lowest BCUT2D eigenvalue weighted by molar-refractivity contribution is 0.847. The second-order valence-corrected chi connectivity index (χ2v) is 5.77. The normalized spacial score (nSPS) is 11.0. The molecule has 0 aliphatic heterocycles. The van der Waals surface area contributed by atoms with Gasteiger partial charge in [-0.25, -0.2) is 14.6 Å². The van der Waals surface area contributed by atoms with Gasteiger partial charge in [-0.1, -0.05) is 18.2 Å². The average Bonchev–Trinajstić information content (AvgIpc) is 3.16. The molecule has 0 radical (unpaired) electrons. The Morgan fingerprint density at radius 1 is 1.09 bits per heavy atom. The van der Waals surface area contributed by atoms with Gasteiger partial charge in [-0.05, 0) is 30.5 Å². The Bertz CT molecular complexity index is 926. The van der Waals surface area contributed by atoms with Crippen LogP contribution in [0, 0.1) is 6.92 Å². The molecule has 0 spiro atoms. The highest BCUT2D eigenvalue weighted by Crippen LogP contribution is 2.28. The quantitative estimate of drug-likeness (QED) is 0.623. The first-order valence-electron chi connectivity index (χ1n) is 6.88. The standard InChI is InChI=1S/C16H13N5S/c1-11-14(9-19-21(11)12-5-3-2-4-6-12)20-15-13-7-8-22-16(13)18-10-17-15/h2-10H,1H3,(H,17,18,20). The number of hydrogen-bond donors (Lipinski definition) is 1. The predicted molar refractivity (Wildman–Crippen MR) is 89.0 cm³/mol. The summed E-state index contributed by atoms with van der Waals surface area (Å²) in [6.45, 7) is 2.04. The fourth-order valence-corrected chi connectivity index (χ4v) is 3.11. The van der Waals surface area contributed by atoms with Crippen molar-refractivity contribution in [2.24, 2.45) is 0 Å². The number of hydrogen-bond acceptors (Lipinski definition) is 5. The van der Waals surface area contributed by atoms with E-state index in [0.717, 1.165) is 33.1 Å². The summed E-state index contributed by atoms with van der Waals surface area (Å²) in [5.74, 6) is 0.807. The van der Waals surface area contributed by atoms with Crippen LogP contribution in [0.15, 0.2) is 54.3 Å². The van der Waals surface area contributed by atoms with E-state index in [0.29, 0.717) is 0 Å². The van der Waals surface area contributed by atoms with E-state index in [-0.39, 0.29) is 0 Å². The first kappa shape index (κ1) is 13.0. The van der Waals surface area contributed by atoms with Gasteiger partial charge in [-0.15, -0.1) is 11.3 Å². The Hall–Kier alpha value is -2.73. The minimum absolute atomic E-state index is 0.807. The molecular formula is C16H13N5S. The molecule has 0 aliphatic carbocycles. The number of nitrogens with one attached hydrogen (secondary N) is 1. The summed E-state index contributed by atoms with van der Waals surface area (Å²) in [6, 6.07) is 12.1. The molecule has 4 aromatic rings. The molecule has 3 heterocycles. The third-order valence-electron chi connectivity index (χ3n) is 3.53. The van der Waals surface area contributed by atoms with E-state index in [4.69, 9.17) is 0 Å². The zero-order chi connectivity index (χ0) is 14.9. The van der Waals surface area contributed by atoms with Crippen LogP contribution in [0.5, 0.6) is 0 Å². The van der Waals surface area contributed by atoms with E-state index in [1.54, 1.807) is 17.7 Å². The van der Waals surface area contributed by atoms with Crippen LogP contribution in [-0.2, 0) is 0 Å². The van der Waals surface area contributed by atoms with Crippen LogP contribution >= 0.6 is 11.3 Å². The minimum atomic E-state index is 0.807. The van der Waals surface area contributed by atoms with Gasteiger partial charge in [0.1, 0.15) is 17.0 Å². The van der Waals surface area contributed by atoms with Gasteiger partial charge < -0.3 is 5.32 Å². The number of benzene rings is 1.